The molecule has 0 saturated carbocycles. The molecule has 0 saturated heterocycles. The first kappa shape index (κ1) is 19.9. The number of thioether (sulfide) groups is 1. The van der Waals surface area contributed by atoms with E-state index in [0.717, 1.165) is 22.0 Å². The fraction of sp³-hybridized carbons (Fsp3) is 0.333. The highest BCUT2D eigenvalue weighted by atomic mass is 32.2. The van der Waals surface area contributed by atoms with Gasteiger partial charge < -0.3 is 5.32 Å². The Morgan fingerprint density at radius 2 is 2.07 bits per heavy atom. The van der Waals surface area contributed by atoms with Crippen LogP contribution in [0, 0.1) is 25.2 Å². The summed E-state index contributed by atoms with van der Waals surface area (Å²) in [5.74, 6) is 0.0116. The molecule has 3 aromatic rings. The molecule has 1 atom stereocenters. The number of carbonyl (C=O) groups excluding carboxylic acids is 1. The molecule has 2 heterocycles. The van der Waals surface area contributed by atoms with E-state index in [2.05, 4.69) is 21.5 Å². The molecule has 6 nitrogen and oxygen atoms in total. The first-order valence-corrected chi connectivity index (χ1v) is 10.1. The Morgan fingerprint density at radius 3 is 2.79 bits per heavy atom. The SMILES string of the molecule is Cc1cc(C)n2nc(CCCNC(=O)[C@H](C)Sc3ccccc3)c(C#N)c2n1. The highest BCUT2D eigenvalue weighted by molar-refractivity contribution is 8.00. The molecular weight excluding hydrogens is 370 g/mol. The maximum absolute atomic E-state index is 12.3. The van der Waals surface area contributed by atoms with Gasteiger partial charge in [-0.25, -0.2) is 9.50 Å². The van der Waals surface area contributed by atoms with Crippen molar-refractivity contribution in [1.29, 1.82) is 5.26 Å². The number of hydrogen-bond acceptors (Lipinski definition) is 5. The van der Waals surface area contributed by atoms with Crippen molar-refractivity contribution in [3.8, 4) is 6.07 Å². The second-order valence-corrected chi connectivity index (χ2v) is 8.09. The largest absolute Gasteiger partial charge is 0.355 e. The molecule has 1 amide bonds. The van der Waals surface area contributed by atoms with Gasteiger partial charge in [-0.1, -0.05) is 18.2 Å². The zero-order valence-electron chi connectivity index (χ0n) is 16.3. The van der Waals surface area contributed by atoms with Crippen molar-refractivity contribution in [2.75, 3.05) is 6.54 Å². The van der Waals surface area contributed by atoms with E-state index < -0.39 is 0 Å². The summed E-state index contributed by atoms with van der Waals surface area (Å²) in [7, 11) is 0. The van der Waals surface area contributed by atoms with Crippen LogP contribution in [0.15, 0.2) is 41.3 Å². The molecule has 1 N–H and O–H groups in total. The average Bonchev–Trinajstić information content (AvgIpc) is 3.03. The Kier molecular flexibility index (Phi) is 6.32. The van der Waals surface area contributed by atoms with Gasteiger partial charge in [-0.2, -0.15) is 10.4 Å². The maximum atomic E-state index is 12.3. The molecule has 0 bridgehead atoms. The molecule has 0 spiro atoms. The number of benzene rings is 1. The van der Waals surface area contributed by atoms with Crippen molar-refractivity contribution >= 4 is 23.3 Å². The predicted octanol–water partition coefficient (Wildman–Crippen LogP) is 3.45. The van der Waals surface area contributed by atoms with Gasteiger partial charge in [-0.15, -0.1) is 11.8 Å². The van der Waals surface area contributed by atoms with E-state index in [4.69, 9.17) is 0 Å². The number of nitriles is 1. The van der Waals surface area contributed by atoms with Crippen LogP contribution in [-0.2, 0) is 11.2 Å². The van der Waals surface area contributed by atoms with E-state index in [-0.39, 0.29) is 11.2 Å². The third-order valence-electron chi connectivity index (χ3n) is 4.39. The van der Waals surface area contributed by atoms with Crippen LogP contribution in [0.1, 0.15) is 36.0 Å². The maximum Gasteiger partial charge on any atom is 0.233 e. The van der Waals surface area contributed by atoms with Gasteiger partial charge in [-0.05, 0) is 51.8 Å². The van der Waals surface area contributed by atoms with Crippen LogP contribution in [0.4, 0.5) is 0 Å². The van der Waals surface area contributed by atoms with Crippen LogP contribution >= 0.6 is 11.8 Å². The number of carbonyl (C=O) groups is 1. The van der Waals surface area contributed by atoms with Crippen molar-refractivity contribution in [2.45, 2.75) is 43.8 Å². The summed E-state index contributed by atoms with van der Waals surface area (Å²) in [6, 6.07) is 14.1. The zero-order chi connectivity index (χ0) is 20.1. The molecule has 0 fully saturated rings. The van der Waals surface area contributed by atoms with E-state index in [1.165, 1.54) is 11.8 Å². The lowest BCUT2D eigenvalue weighted by atomic mass is 10.1. The highest BCUT2D eigenvalue weighted by Crippen LogP contribution is 2.22. The van der Waals surface area contributed by atoms with E-state index in [1.54, 1.807) is 4.52 Å². The number of nitrogens with zero attached hydrogens (tertiary/aromatic N) is 4. The normalized spacial score (nSPS) is 11.9. The molecule has 3 rings (SSSR count). The number of amides is 1. The van der Waals surface area contributed by atoms with Gasteiger partial charge in [0.15, 0.2) is 5.65 Å². The summed E-state index contributed by atoms with van der Waals surface area (Å²) in [6.45, 7) is 6.30. The standard InChI is InChI=1S/C21H23N5OS/c1-14-12-15(2)26-20(24-14)18(13-22)19(25-26)10-7-11-23-21(27)16(3)28-17-8-5-4-6-9-17/h4-6,8-9,12,16H,7,10-11H2,1-3H3,(H,23,27)/t16-/m0/s1. The predicted molar refractivity (Wildman–Crippen MR) is 110 cm³/mol. The lowest BCUT2D eigenvalue weighted by molar-refractivity contribution is -0.120. The van der Waals surface area contributed by atoms with Gasteiger partial charge in [0.25, 0.3) is 0 Å². The molecule has 7 heteroatoms. The van der Waals surface area contributed by atoms with Gasteiger partial charge in [0.2, 0.25) is 5.91 Å². The number of rotatable bonds is 7. The van der Waals surface area contributed by atoms with E-state index >= 15 is 0 Å². The van der Waals surface area contributed by atoms with Gasteiger partial charge in [0.05, 0.1) is 10.9 Å². The van der Waals surface area contributed by atoms with Crippen molar-refractivity contribution in [2.24, 2.45) is 0 Å². The minimum absolute atomic E-state index is 0.0116. The number of nitrogens with one attached hydrogen (secondary N) is 1. The van der Waals surface area contributed by atoms with Crippen LogP contribution < -0.4 is 5.32 Å². The molecule has 0 aliphatic heterocycles. The highest BCUT2D eigenvalue weighted by Gasteiger charge is 2.16. The molecule has 2 aromatic heterocycles. The minimum atomic E-state index is -0.165. The monoisotopic (exact) mass is 393 g/mol. The molecular formula is C21H23N5OS. The van der Waals surface area contributed by atoms with Crippen molar-refractivity contribution in [1.82, 2.24) is 19.9 Å². The van der Waals surface area contributed by atoms with E-state index in [1.807, 2.05) is 57.2 Å². The summed E-state index contributed by atoms with van der Waals surface area (Å²) < 4.78 is 1.72. The Labute approximate surface area is 169 Å². The second kappa shape index (κ2) is 8.89. The quantitative estimate of drug-likeness (QED) is 0.491. The number of aryl methyl sites for hydroxylation is 3. The Balaban J connectivity index is 1.56. The lowest BCUT2D eigenvalue weighted by Crippen LogP contribution is -2.31. The molecule has 1 aromatic carbocycles. The first-order chi connectivity index (χ1) is 13.5. The van der Waals surface area contributed by atoms with Gasteiger partial charge in [0.1, 0.15) is 11.6 Å². The molecule has 28 heavy (non-hydrogen) atoms. The molecule has 0 aliphatic carbocycles. The van der Waals surface area contributed by atoms with Crippen LogP contribution in [0.3, 0.4) is 0 Å². The number of fused-ring (bicyclic) bond motifs is 1. The zero-order valence-corrected chi connectivity index (χ0v) is 17.1. The smallest absolute Gasteiger partial charge is 0.233 e. The number of hydrogen-bond donors (Lipinski definition) is 1. The summed E-state index contributed by atoms with van der Waals surface area (Å²) in [6.07, 6.45) is 1.33. The summed E-state index contributed by atoms with van der Waals surface area (Å²) in [4.78, 5) is 17.8. The van der Waals surface area contributed by atoms with E-state index in [0.29, 0.717) is 30.6 Å². The third kappa shape index (κ3) is 4.52. The third-order valence-corrected chi connectivity index (χ3v) is 5.51. The average molecular weight is 394 g/mol. The first-order valence-electron chi connectivity index (χ1n) is 9.25. The molecule has 0 aliphatic rings. The Bertz CT molecular complexity index is 1020. The van der Waals surface area contributed by atoms with Crippen molar-refractivity contribution in [3.05, 3.63) is 59.0 Å². The van der Waals surface area contributed by atoms with Crippen LogP contribution in [0.5, 0.6) is 0 Å². The lowest BCUT2D eigenvalue weighted by Gasteiger charge is -2.11. The molecule has 0 radical (unpaired) electrons. The van der Waals surface area contributed by atoms with Crippen LogP contribution in [-0.4, -0.2) is 32.3 Å². The summed E-state index contributed by atoms with van der Waals surface area (Å²) in [5.41, 5.74) is 3.66. The van der Waals surface area contributed by atoms with Gasteiger partial charge >= 0.3 is 0 Å². The van der Waals surface area contributed by atoms with Crippen LogP contribution in [0.25, 0.3) is 5.65 Å². The summed E-state index contributed by atoms with van der Waals surface area (Å²) in [5, 5.41) is 16.9. The fourth-order valence-electron chi connectivity index (χ4n) is 3.02. The fourth-order valence-corrected chi connectivity index (χ4v) is 3.94. The second-order valence-electron chi connectivity index (χ2n) is 6.68. The van der Waals surface area contributed by atoms with Gasteiger partial charge in [0, 0.05) is 22.8 Å². The van der Waals surface area contributed by atoms with Gasteiger partial charge in [-0.3, -0.25) is 4.79 Å². The van der Waals surface area contributed by atoms with Crippen LogP contribution in [0.2, 0.25) is 0 Å². The molecule has 0 unspecified atom stereocenters. The topological polar surface area (TPSA) is 83.1 Å². The Hall–Kier alpha value is -2.85. The van der Waals surface area contributed by atoms with Crippen molar-refractivity contribution in [3.63, 3.8) is 0 Å². The van der Waals surface area contributed by atoms with Crippen molar-refractivity contribution < 1.29 is 4.79 Å². The Morgan fingerprint density at radius 1 is 1.32 bits per heavy atom. The molecule has 144 valence electrons. The summed E-state index contributed by atoms with van der Waals surface area (Å²) >= 11 is 1.54. The number of aromatic nitrogens is 3. The van der Waals surface area contributed by atoms with E-state index in [9.17, 15) is 10.1 Å². The minimum Gasteiger partial charge on any atom is -0.355 e.